The second-order valence-electron chi connectivity index (χ2n) is 13.4. The van der Waals surface area contributed by atoms with Gasteiger partial charge in [0.25, 0.3) is 0 Å². The fourth-order valence-corrected chi connectivity index (χ4v) is 8.66. The van der Waals surface area contributed by atoms with Gasteiger partial charge in [0.2, 0.25) is 0 Å². The summed E-state index contributed by atoms with van der Waals surface area (Å²) >= 11 is 1.87. The van der Waals surface area contributed by atoms with Crippen molar-refractivity contribution < 1.29 is 0 Å². The Morgan fingerprint density at radius 3 is 1.60 bits per heavy atom. The zero-order valence-electron chi connectivity index (χ0n) is 28.8. The number of aromatic nitrogens is 2. The Morgan fingerprint density at radius 1 is 0.321 bits per heavy atom. The third-order valence-electron chi connectivity index (χ3n) is 10.1. The first-order valence-electron chi connectivity index (χ1n) is 17.9. The molecule has 0 unspecified atom stereocenters. The van der Waals surface area contributed by atoms with Crippen LogP contribution in [0.1, 0.15) is 0 Å². The standard InChI is InChI=1S/C50H32N2S/c1-5-15-33(16-6-1)38-27-39(29-40(28-38)46-32-45(35-19-9-3-10-20-35)51-50(52-46)36-21-11-4-12-22-36)42-25-14-26-47-49(42)44-30-37-23-13-24-41(34-17-7-2-8-18-34)43(37)31-48(44)53-47/h1-32H. The van der Waals surface area contributed by atoms with Crippen molar-refractivity contribution in [2.75, 3.05) is 0 Å². The number of thiophene rings is 1. The summed E-state index contributed by atoms with van der Waals surface area (Å²) in [7, 11) is 0. The molecule has 10 aromatic rings. The Hall–Kier alpha value is -6.68. The second-order valence-corrected chi connectivity index (χ2v) is 14.5. The van der Waals surface area contributed by atoms with E-state index < -0.39 is 0 Å². The molecule has 0 amide bonds. The summed E-state index contributed by atoms with van der Waals surface area (Å²) in [6, 6.07) is 69.2. The number of nitrogens with zero attached hydrogens (tertiary/aromatic N) is 2. The molecule has 0 atom stereocenters. The molecule has 2 nitrogen and oxygen atoms in total. The van der Waals surface area contributed by atoms with Crippen LogP contribution < -0.4 is 0 Å². The molecule has 2 aromatic heterocycles. The molecule has 10 rings (SSSR count). The van der Waals surface area contributed by atoms with Crippen molar-refractivity contribution in [3.63, 3.8) is 0 Å². The van der Waals surface area contributed by atoms with E-state index in [0.717, 1.165) is 44.8 Å². The number of rotatable bonds is 6. The molecule has 248 valence electrons. The lowest BCUT2D eigenvalue weighted by molar-refractivity contribution is 1.18. The zero-order chi connectivity index (χ0) is 35.1. The highest BCUT2D eigenvalue weighted by Gasteiger charge is 2.17. The van der Waals surface area contributed by atoms with Gasteiger partial charge in [0.15, 0.2) is 5.82 Å². The van der Waals surface area contributed by atoms with Crippen LogP contribution in [0.4, 0.5) is 0 Å². The van der Waals surface area contributed by atoms with Crippen LogP contribution in [0.15, 0.2) is 194 Å². The van der Waals surface area contributed by atoms with E-state index in [4.69, 9.17) is 9.97 Å². The normalized spacial score (nSPS) is 11.4. The Morgan fingerprint density at radius 2 is 0.887 bits per heavy atom. The van der Waals surface area contributed by atoms with Gasteiger partial charge in [-0.1, -0.05) is 152 Å². The van der Waals surface area contributed by atoms with E-state index in [1.165, 1.54) is 47.6 Å². The topological polar surface area (TPSA) is 25.8 Å². The van der Waals surface area contributed by atoms with Crippen LogP contribution in [0.5, 0.6) is 0 Å². The highest BCUT2D eigenvalue weighted by atomic mass is 32.1. The van der Waals surface area contributed by atoms with E-state index in [0.29, 0.717) is 5.82 Å². The molecule has 0 N–H and O–H groups in total. The van der Waals surface area contributed by atoms with Crippen LogP contribution in [0.2, 0.25) is 0 Å². The van der Waals surface area contributed by atoms with Crippen LogP contribution in [-0.2, 0) is 0 Å². The molecule has 0 bridgehead atoms. The van der Waals surface area contributed by atoms with Crippen molar-refractivity contribution in [1.82, 2.24) is 9.97 Å². The third kappa shape index (κ3) is 5.78. The number of fused-ring (bicyclic) bond motifs is 4. The van der Waals surface area contributed by atoms with Gasteiger partial charge in [-0.2, -0.15) is 0 Å². The van der Waals surface area contributed by atoms with Crippen molar-refractivity contribution in [3.05, 3.63) is 194 Å². The lowest BCUT2D eigenvalue weighted by atomic mass is 9.92. The maximum Gasteiger partial charge on any atom is 0.160 e. The van der Waals surface area contributed by atoms with Gasteiger partial charge in [-0.15, -0.1) is 11.3 Å². The highest BCUT2D eigenvalue weighted by Crippen LogP contribution is 2.44. The summed E-state index contributed by atoms with van der Waals surface area (Å²) in [5.74, 6) is 0.710. The minimum absolute atomic E-state index is 0.710. The second kappa shape index (κ2) is 13.1. The van der Waals surface area contributed by atoms with Gasteiger partial charge in [0.05, 0.1) is 11.4 Å². The zero-order valence-corrected chi connectivity index (χ0v) is 29.6. The lowest BCUT2D eigenvalue weighted by Crippen LogP contribution is -1.96. The smallest absolute Gasteiger partial charge is 0.160 e. The molecule has 0 aliphatic carbocycles. The first-order chi connectivity index (χ1) is 26.2. The van der Waals surface area contributed by atoms with Crippen molar-refractivity contribution in [1.29, 1.82) is 0 Å². The fourth-order valence-electron chi connectivity index (χ4n) is 7.50. The fraction of sp³-hybridized carbons (Fsp3) is 0. The summed E-state index contributed by atoms with van der Waals surface area (Å²) in [6.45, 7) is 0. The van der Waals surface area contributed by atoms with Crippen molar-refractivity contribution >= 4 is 42.3 Å². The van der Waals surface area contributed by atoms with E-state index in [1.807, 2.05) is 35.6 Å². The van der Waals surface area contributed by atoms with E-state index in [2.05, 4.69) is 170 Å². The number of hydrogen-bond donors (Lipinski definition) is 0. The molecule has 0 aliphatic heterocycles. The number of benzene rings is 8. The first-order valence-corrected chi connectivity index (χ1v) is 18.7. The molecule has 8 aromatic carbocycles. The van der Waals surface area contributed by atoms with Crippen LogP contribution in [0, 0.1) is 0 Å². The van der Waals surface area contributed by atoms with Gasteiger partial charge in [-0.25, -0.2) is 9.97 Å². The quantitative estimate of drug-likeness (QED) is 0.173. The Kier molecular flexibility index (Phi) is 7.71. The molecule has 0 spiro atoms. The largest absolute Gasteiger partial charge is 0.228 e. The molecule has 3 heteroatoms. The summed E-state index contributed by atoms with van der Waals surface area (Å²) in [6.07, 6.45) is 0. The molecule has 53 heavy (non-hydrogen) atoms. The summed E-state index contributed by atoms with van der Waals surface area (Å²) in [4.78, 5) is 10.3. The van der Waals surface area contributed by atoms with Crippen molar-refractivity contribution in [2.45, 2.75) is 0 Å². The Bertz CT molecular complexity index is 2860. The van der Waals surface area contributed by atoms with E-state index in [1.54, 1.807) is 0 Å². The maximum absolute atomic E-state index is 5.23. The molecular weight excluding hydrogens is 661 g/mol. The molecule has 2 heterocycles. The molecular formula is C50H32N2S. The summed E-state index contributed by atoms with van der Waals surface area (Å²) in [5, 5.41) is 5.09. The average molecular weight is 693 g/mol. The minimum atomic E-state index is 0.710. The maximum atomic E-state index is 5.23. The average Bonchev–Trinajstić information content (AvgIpc) is 3.61. The van der Waals surface area contributed by atoms with Gasteiger partial charge in [0, 0.05) is 36.9 Å². The first kappa shape index (κ1) is 31.1. The molecule has 0 saturated heterocycles. The van der Waals surface area contributed by atoms with E-state index in [9.17, 15) is 0 Å². The van der Waals surface area contributed by atoms with Crippen molar-refractivity contribution in [3.8, 4) is 67.3 Å². The predicted molar refractivity (Wildman–Crippen MR) is 225 cm³/mol. The molecule has 0 saturated carbocycles. The van der Waals surface area contributed by atoms with Gasteiger partial charge in [-0.3, -0.25) is 0 Å². The van der Waals surface area contributed by atoms with Crippen LogP contribution in [-0.4, -0.2) is 9.97 Å². The van der Waals surface area contributed by atoms with Gasteiger partial charge < -0.3 is 0 Å². The Balaban J connectivity index is 1.21. The Labute approximate surface area is 312 Å². The van der Waals surface area contributed by atoms with Crippen molar-refractivity contribution in [2.24, 2.45) is 0 Å². The predicted octanol–water partition coefficient (Wildman–Crippen LogP) is 14.0. The van der Waals surface area contributed by atoms with Crippen LogP contribution in [0.25, 0.3) is 98.2 Å². The third-order valence-corrected chi connectivity index (χ3v) is 11.2. The summed E-state index contributed by atoms with van der Waals surface area (Å²) < 4.78 is 2.57. The van der Waals surface area contributed by atoms with Crippen LogP contribution in [0.3, 0.4) is 0 Å². The molecule has 0 radical (unpaired) electrons. The van der Waals surface area contributed by atoms with Gasteiger partial charge in [-0.05, 0) is 86.6 Å². The van der Waals surface area contributed by atoms with Crippen LogP contribution >= 0.6 is 11.3 Å². The van der Waals surface area contributed by atoms with E-state index >= 15 is 0 Å². The lowest BCUT2D eigenvalue weighted by Gasteiger charge is -2.14. The SMILES string of the molecule is c1ccc(-c2cc(-c3cc(-c4ccccc4)nc(-c4ccccc4)n3)cc(-c3cccc4sc5cc6c(-c7ccccc7)cccc6cc5c34)c2)cc1. The minimum Gasteiger partial charge on any atom is -0.228 e. The van der Waals surface area contributed by atoms with E-state index in [-0.39, 0.29) is 0 Å². The summed E-state index contributed by atoms with van der Waals surface area (Å²) in [5.41, 5.74) is 12.1. The van der Waals surface area contributed by atoms with Gasteiger partial charge >= 0.3 is 0 Å². The van der Waals surface area contributed by atoms with Gasteiger partial charge in [0.1, 0.15) is 0 Å². The molecule has 0 fully saturated rings. The highest BCUT2D eigenvalue weighted by molar-refractivity contribution is 7.26. The number of hydrogen-bond acceptors (Lipinski definition) is 3. The monoisotopic (exact) mass is 692 g/mol. The molecule has 0 aliphatic rings.